The highest BCUT2D eigenvalue weighted by atomic mass is 19.1. The normalized spacial score (nSPS) is 12.6. The van der Waals surface area contributed by atoms with Gasteiger partial charge in [-0.25, -0.2) is 4.39 Å². The summed E-state index contributed by atoms with van der Waals surface area (Å²) in [5, 5.41) is 11.7. The van der Waals surface area contributed by atoms with E-state index in [1.165, 1.54) is 24.3 Å². The monoisotopic (exact) mass is 324 g/mol. The number of nitrogens with zero attached hydrogens (tertiary/aromatic N) is 1. The van der Waals surface area contributed by atoms with Crippen molar-refractivity contribution < 1.29 is 18.7 Å². The molecule has 2 aromatic rings. The molecule has 120 valence electrons. The third-order valence-corrected chi connectivity index (χ3v) is 3.55. The van der Waals surface area contributed by atoms with E-state index in [-0.39, 0.29) is 18.1 Å². The van der Waals surface area contributed by atoms with Gasteiger partial charge in [-0.05, 0) is 48.4 Å². The molecule has 1 heterocycles. The number of nitrogens with one attached hydrogen (secondary N) is 1. The van der Waals surface area contributed by atoms with E-state index in [9.17, 15) is 14.4 Å². The Morgan fingerprint density at radius 1 is 1.29 bits per heavy atom. The molecule has 0 fully saturated rings. The van der Waals surface area contributed by atoms with Gasteiger partial charge in [0.2, 0.25) is 6.79 Å². The summed E-state index contributed by atoms with van der Waals surface area (Å²) in [5.74, 6) is -0.0697. The third kappa shape index (κ3) is 3.06. The molecule has 5 nitrogen and oxygen atoms in total. The Bertz CT molecular complexity index is 884. The zero-order valence-corrected chi connectivity index (χ0v) is 12.8. The van der Waals surface area contributed by atoms with Crippen LogP contribution in [0.2, 0.25) is 0 Å². The number of hydrogen-bond donors (Lipinski definition) is 1. The summed E-state index contributed by atoms with van der Waals surface area (Å²) in [6.07, 6.45) is 1.44. The Labute approximate surface area is 137 Å². The Hall–Kier alpha value is -3.33. The number of carbonyl (C=O) groups is 1. The van der Waals surface area contributed by atoms with Crippen molar-refractivity contribution in [1.29, 1.82) is 5.26 Å². The summed E-state index contributed by atoms with van der Waals surface area (Å²) in [6.45, 7) is 1.97. The van der Waals surface area contributed by atoms with Crippen molar-refractivity contribution in [2.24, 2.45) is 0 Å². The Balaban J connectivity index is 1.89. The van der Waals surface area contributed by atoms with E-state index < -0.39 is 11.7 Å². The van der Waals surface area contributed by atoms with E-state index in [0.717, 1.165) is 5.56 Å². The topological polar surface area (TPSA) is 71.4 Å². The molecule has 0 aromatic heterocycles. The fourth-order valence-electron chi connectivity index (χ4n) is 2.27. The average Bonchev–Trinajstić information content (AvgIpc) is 3.01. The van der Waals surface area contributed by atoms with Crippen LogP contribution in [-0.2, 0) is 4.79 Å². The number of fused-ring (bicyclic) bond motifs is 1. The maximum Gasteiger partial charge on any atom is 0.266 e. The standard InChI is InChI=1S/C18H13FN2O3/c1-11-6-16-17(24-10-23-16)8-12(11)7-13(9-20)18(22)21-15-5-3-2-4-14(15)19/h2-8H,10H2,1H3,(H,21,22). The molecule has 2 aromatic carbocycles. The molecule has 24 heavy (non-hydrogen) atoms. The molecule has 0 bridgehead atoms. The van der Waals surface area contributed by atoms with Gasteiger partial charge in [0.15, 0.2) is 11.5 Å². The van der Waals surface area contributed by atoms with Gasteiger partial charge in [-0.1, -0.05) is 12.1 Å². The van der Waals surface area contributed by atoms with Crippen LogP contribution >= 0.6 is 0 Å². The van der Waals surface area contributed by atoms with Crippen LogP contribution in [0.3, 0.4) is 0 Å². The predicted octanol–water partition coefficient (Wildman–Crippen LogP) is 3.41. The van der Waals surface area contributed by atoms with Crippen LogP contribution in [0.1, 0.15) is 11.1 Å². The molecule has 1 aliphatic rings. The molecule has 0 spiro atoms. The molecule has 0 atom stereocenters. The first kappa shape index (κ1) is 15.6. The van der Waals surface area contributed by atoms with Gasteiger partial charge in [0, 0.05) is 0 Å². The second-order valence-electron chi connectivity index (χ2n) is 5.17. The van der Waals surface area contributed by atoms with E-state index in [0.29, 0.717) is 17.1 Å². The minimum Gasteiger partial charge on any atom is -0.454 e. The predicted molar refractivity (Wildman–Crippen MR) is 85.9 cm³/mol. The summed E-state index contributed by atoms with van der Waals surface area (Å²) in [4.78, 5) is 12.2. The molecule has 0 aliphatic carbocycles. The zero-order valence-electron chi connectivity index (χ0n) is 12.8. The number of aryl methyl sites for hydroxylation is 1. The van der Waals surface area contributed by atoms with Crippen molar-refractivity contribution in [3.8, 4) is 17.6 Å². The van der Waals surface area contributed by atoms with Crippen molar-refractivity contribution in [3.63, 3.8) is 0 Å². The van der Waals surface area contributed by atoms with Crippen LogP contribution < -0.4 is 14.8 Å². The highest BCUT2D eigenvalue weighted by Crippen LogP contribution is 2.35. The molecule has 0 unspecified atom stereocenters. The van der Waals surface area contributed by atoms with Crippen LogP contribution in [-0.4, -0.2) is 12.7 Å². The molecule has 0 saturated heterocycles. The lowest BCUT2D eigenvalue weighted by molar-refractivity contribution is -0.112. The molecule has 1 N–H and O–H groups in total. The fraction of sp³-hybridized carbons (Fsp3) is 0.111. The molecule has 1 amide bonds. The Morgan fingerprint density at radius 2 is 2.00 bits per heavy atom. The zero-order chi connectivity index (χ0) is 17.1. The molecular weight excluding hydrogens is 311 g/mol. The number of para-hydroxylation sites is 1. The molecular formula is C18H13FN2O3. The maximum absolute atomic E-state index is 13.6. The maximum atomic E-state index is 13.6. The Morgan fingerprint density at radius 3 is 2.71 bits per heavy atom. The van der Waals surface area contributed by atoms with Gasteiger partial charge in [-0.3, -0.25) is 4.79 Å². The van der Waals surface area contributed by atoms with Crippen molar-refractivity contribution in [2.75, 3.05) is 12.1 Å². The highest BCUT2D eigenvalue weighted by Gasteiger charge is 2.17. The molecule has 0 saturated carbocycles. The van der Waals surface area contributed by atoms with Gasteiger partial charge in [0.05, 0.1) is 5.69 Å². The molecule has 6 heteroatoms. The Kier molecular flexibility index (Phi) is 4.17. The SMILES string of the molecule is Cc1cc2c(cc1C=C(C#N)C(=O)Nc1ccccc1F)OCO2. The number of amides is 1. The lowest BCUT2D eigenvalue weighted by atomic mass is 10.0. The van der Waals surface area contributed by atoms with E-state index in [2.05, 4.69) is 5.32 Å². The van der Waals surface area contributed by atoms with Crippen LogP contribution in [0.15, 0.2) is 42.0 Å². The number of rotatable bonds is 3. The number of anilines is 1. The summed E-state index contributed by atoms with van der Waals surface area (Å²) >= 11 is 0. The number of carbonyl (C=O) groups excluding carboxylic acids is 1. The summed E-state index contributed by atoms with van der Waals surface area (Å²) in [6, 6.07) is 11.1. The third-order valence-electron chi connectivity index (χ3n) is 3.55. The summed E-state index contributed by atoms with van der Waals surface area (Å²) in [5.41, 5.74) is 1.36. The van der Waals surface area contributed by atoms with E-state index in [1.807, 2.05) is 13.0 Å². The lowest BCUT2D eigenvalue weighted by Crippen LogP contribution is -2.14. The van der Waals surface area contributed by atoms with Crippen molar-refractivity contribution in [2.45, 2.75) is 6.92 Å². The van der Waals surface area contributed by atoms with Gasteiger partial charge in [-0.2, -0.15) is 5.26 Å². The smallest absolute Gasteiger partial charge is 0.266 e. The molecule has 1 aliphatic heterocycles. The van der Waals surface area contributed by atoms with Crippen molar-refractivity contribution in [3.05, 3.63) is 58.9 Å². The number of nitriles is 1. The number of halogens is 1. The quantitative estimate of drug-likeness (QED) is 0.694. The minimum absolute atomic E-state index is 0.0195. The van der Waals surface area contributed by atoms with Crippen LogP contribution in [0.25, 0.3) is 6.08 Å². The van der Waals surface area contributed by atoms with Gasteiger partial charge in [-0.15, -0.1) is 0 Å². The molecule has 0 radical (unpaired) electrons. The second-order valence-corrected chi connectivity index (χ2v) is 5.17. The minimum atomic E-state index is -0.681. The lowest BCUT2D eigenvalue weighted by Gasteiger charge is -2.07. The summed E-state index contributed by atoms with van der Waals surface area (Å²) in [7, 11) is 0. The fourth-order valence-corrected chi connectivity index (χ4v) is 2.27. The first-order valence-electron chi connectivity index (χ1n) is 7.16. The largest absolute Gasteiger partial charge is 0.454 e. The van der Waals surface area contributed by atoms with Gasteiger partial charge >= 0.3 is 0 Å². The average molecular weight is 324 g/mol. The van der Waals surface area contributed by atoms with Gasteiger partial charge in [0.1, 0.15) is 17.5 Å². The summed E-state index contributed by atoms with van der Waals surface area (Å²) < 4.78 is 24.2. The van der Waals surface area contributed by atoms with Crippen molar-refractivity contribution >= 4 is 17.7 Å². The van der Waals surface area contributed by atoms with Gasteiger partial charge < -0.3 is 14.8 Å². The first-order chi connectivity index (χ1) is 11.6. The van der Waals surface area contributed by atoms with Gasteiger partial charge in [0.25, 0.3) is 5.91 Å². The number of benzene rings is 2. The second kappa shape index (κ2) is 6.42. The number of ether oxygens (including phenoxy) is 2. The van der Waals surface area contributed by atoms with Crippen LogP contribution in [0.5, 0.6) is 11.5 Å². The highest BCUT2D eigenvalue weighted by molar-refractivity contribution is 6.09. The van der Waals surface area contributed by atoms with E-state index >= 15 is 0 Å². The molecule has 3 rings (SSSR count). The number of hydrogen-bond acceptors (Lipinski definition) is 4. The van der Waals surface area contributed by atoms with Crippen LogP contribution in [0.4, 0.5) is 10.1 Å². The van der Waals surface area contributed by atoms with Crippen LogP contribution in [0, 0.1) is 24.1 Å². The van der Waals surface area contributed by atoms with E-state index in [4.69, 9.17) is 9.47 Å². The van der Waals surface area contributed by atoms with Crippen molar-refractivity contribution in [1.82, 2.24) is 0 Å². The first-order valence-corrected chi connectivity index (χ1v) is 7.16. The van der Waals surface area contributed by atoms with E-state index in [1.54, 1.807) is 18.2 Å².